The summed E-state index contributed by atoms with van der Waals surface area (Å²) in [6.07, 6.45) is 0. The number of likely N-dealkylation sites (N-methyl/N-ethyl adjacent to an activating group) is 1. The third kappa shape index (κ3) is 4.53. The van der Waals surface area contributed by atoms with Gasteiger partial charge in [-0.2, -0.15) is 4.31 Å². The Morgan fingerprint density at radius 3 is 2.37 bits per heavy atom. The number of carbonyl (C=O) groups is 1. The van der Waals surface area contributed by atoms with Gasteiger partial charge in [0.05, 0.1) is 19.4 Å². The van der Waals surface area contributed by atoms with Gasteiger partial charge in [0.15, 0.2) is 0 Å². The molecule has 0 aliphatic carbocycles. The number of rotatable bonds is 6. The molecule has 1 aromatic rings. The van der Waals surface area contributed by atoms with Crippen molar-refractivity contribution in [2.45, 2.75) is 6.92 Å². The van der Waals surface area contributed by atoms with Gasteiger partial charge in [-0.3, -0.25) is 4.79 Å². The molecular weight excluding hydrogens is 268 g/mol. The summed E-state index contributed by atoms with van der Waals surface area (Å²) in [5.74, 6) is 0.271. The Balaban J connectivity index is 2.60. The van der Waals surface area contributed by atoms with Crippen molar-refractivity contribution in [3.05, 3.63) is 24.3 Å². The second kappa shape index (κ2) is 6.53. The van der Waals surface area contributed by atoms with E-state index in [1.54, 1.807) is 31.4 Å². The number of methoxy groups -OCH3 is 1. The van der Waals surface area contributed by atoms with E-state index in [1.807, 2.05) is 0 Å². The van der Waals surface area contributed by atoms with Gasteiger partial charge in [-0.05, 0) is 31.2 Å². The van der Waals surface area contributed by atoms with E-state index in [2.05, 4.69) is 5.32 Å². The zero-order chi connectivity index (χ0) is 14.5. The molecule has 0 radical (unpaired) electrons. The van der Waals surface area contributed by atoms with Gasteiger partial charge < -0.3 is 10.1 Å². The van der Waals surface area contributed by atoms with Crippen LogP contribution in [0.2, 0.25) is 0 Å². The predicted octanol–water partition coefficient (Wildman–Crippen LogP) is 0.915. The lowest BCUT2D eigenvalue weighted by molar-refractivity contribution is -0.116. The first-order valence-corrected chi connectivity index (χ1v) is 7.38. The Labute approximate surface area is 113 Å². The average Bonchev–Trinajstić information content (AvgIpc) is 2.39. The number of anilines is 1. The maximum atomic E-state index is 11.7. The van der Waals surface area contributed by atoms with Crippen LogP contribution in [0.1, 0.15) is 6.92 Å². The number of hydrogen-bond donors (Lipinski definition) is 1. The van der Waals surface area contributed by atoms with Crippen LogP contribution in [0.15, 0.2) is 24.3 Å². The lowest BCUT2D eigenvalue weighted by atomic mass is 10.3. The second-order valence-electron chi connectivity index (χ2n) is 3.93. The Kier molecular flexibility index (Phi) is 5.31. The summed E-state index contributed by atoms with van der Waals surface area (Å²) in [6.45, 7) is 1.33. The van der Waals surface area contributed by atoms with Gasteiger partial charge >= 0.3 is 0 Å². The van der Waals surface area contributed by atoms with E-state index in [1.165, 1.54) is 14.0 Å². The molecule has 0 aliphatic heterocycles. The Bertz CT molecular complexity index is 525. The standard InChI is InChI=1S/C12H18N2O4S/c1-4-19(16,17)14(2)9-12(15)13-10-5-7-11(18-3)8-6-10/h5-8H,4,9H2,1-3H3,(H,13,15). The summed E-state index contributed by atoms with van der Waals surface area (Å²) in [6, 6.07) is 6.79. The monoisotopic (exact) mass is 286 g/mol. The third-order valence-corrected chi connectivity index (χ3v) is 4.39. The molecule has 1 N–H and O–H groups in total. The van der Waals surface area contributed by atoms with Gasteiger partial charge in [0, 0.05) is 12.7 Å². The lowest BCUT2D eigenvalue weighted by Crippen LogP contribution is -2.35. The molecule has 0 atom stereocenters. The number of amides is 1. The van der Waals surface area contributed by atoms with Crippen molar-refractivity contribution in [3.8, 4) is 5.75 Å². The number of nitrogens with one attached hydrogen (secondary N) is 1. The number of sulfonamides is 1. The number of carbonyl (C=O) groups excluding carboxylic acids is 1. The van der Waals surface area contributed by atoms with Gasteiger partial charge in [-0.25, -0.2) is 8.42 Å². The maximum Gasteiger partial charge on any atom is 0.239 e. The molecule has 0 spiro atoms. The first kappa shape index (κ1) is 15.5. The van der Waals surface area contributed by atoms with Crippen LogP contribution in [0.3, 0.4) is 0 Å². The molecule has 0 saturated heterocycles. The molecule has 0 bridgehead atoms. The minimum absolute atomic E-state index is 0.0285. The van der Waals surface area contributed by atoms with Crippen molar-refractivity contribution in [1.29, 1.82) is 0 Å². The van der Waals surface area contributed by atoms with Crippen LogP contribution in [-0.4, -0.2) is 45.1 Å². The summed E-state index contributed by atoms with van der Waals surface area (Å²) in [5, 5.41) is 2.62. The molecule has 1 aromatic carbocycles. The summed E-state index contributed by atoms with van der Waals surface area (Å²) in [5.41, 5.74) is 0.591. The van der Waals surface area contributed by atoms with Crippen LogP contribution in [0.4, 0.5) is 5.69 Å². The van der Waals surface area contributed by atoms with Crippen molar-refractivity contribution >= 4 is 21.6 Å². The fraction of sp³-hybridized carbons (Fsp3) is 0.417. The van der Waals surface area contributed by atoms with Gasteiger partial charge in [0.25, 0.3) is 0 Å². The molecule has 0 unspecified atom stereocenters. The molecule has 1 rings (SSSR count). The zero-order valence-electron chi connectivity index (χ0n) is 11.2. The van der Waals surface area contributed by atoms with Crippen LogP contribution < -0.4 is 10.1 Å². The Morgan fingerprint density at radius 2 is 1.89 bits per heavy atom. The molecule has 106 valence electrons. The highest BCUT2D eigenvalue weighted by atomic mass is 32.2. The van der Waals surface area contributed by atoms with Crippen molar-refractivity contribution < 1.29 is 17.9 Å². The van der Waals surface area contributed by atoms with Crippen LogP contribution in [0.25, 0.3) is 0 Å². The third-order valence-electron chi connectivity index (χ3n) is 2.58. The molecule has 6 nitrogen and oxygen atoms in total. The summed E-state index contributed by atoms with van der Waals surface area (Å²) >= 11 is 0. The molecule has 1 amide bonds. The summed E-state index contributed by atoms with van der Waals surface area (Å²) in [4.78, 5) is 11.7. The first-order chi connectivity index (χ1) is 8.89. The van der Waals surface area contributed by atoms with Gasteiger partial charge in [-0.1, -0.05) is 0 Å². The molecule has 0 fully saturated rings. The molecule has 19 heavy (non-hydrogen) atoms. The molecule has 7 heteroatoms. The van der Waals surface area contributed by atoms with Crippen molar-refractivity contribution in [2.24, 2.45) is 0 Å². The average molecular weight is 286 g/mol. The fourth-order valence-electron chi connectivity index (χ4n) is 1.40. The minimum Gasteiger partial charge on any atom is -0.497 e. The van der Waals surface area contributed by atoms with Crippen molar-refractivity contribution in [3.63, 3.8) is 0 Å². The van der Waals surface area contributed by atoms with Crippen LogP contribution >= 0.6 is 0 Å². The molecule has 0 saturated carbocycles. The molecule has 0 heterocycles. The van der Waals surface area contributed by atoms with Crippen LogP contribution in [0, 0.1) is 0 Å². The topological polar surface area (TPSA) is 75.7 Å². The Morgan fingerprint density at radius 1 is 1.32 bits per heavy atom. The molecular formula is C12H18N2O4S. The van der Waals surface area contributed by atoms with Crippen LogP contribution in [-0.2, 0) is 14.8 Å². The molecule has 0 aliphatic rings. The quantitative estimate of drug-likeness (QED) is 0.843. The van der Waals surface area contributed by atoms with Crippen molar-refractivity contribution in [1.82, 2.24) is 4.31 Å². The predicted molar refractivity (Wildman–Crippen MR) is 73.7 cm³/mol. The van der Waals surface area contributed by atoms with E-state index in [-0.39, 0.29) is 18.2 Å². The lowest BCUT2D eigenvalue weighted by Gasteiger charge is -2.15. The smallest absolute Gasteiger partial charge is 0.239 e. The van der Waals surface area contributed by atoms with E-state index in [0.717, 1.165) is 4.31 Å². The number of nitrogens with zero attached hydrogens (tertiary/aromatic N) is 1. The number of ether oxygens (including phenoxy) is 1. The normalized spacial score (nSPS) is 11.4. The van der Waals surface area contributed by atoms with E-state index in [4.69, 9.17) is 4.74 Å². The maximum absolute atomic E-state index is 11.7. The first-order valence-electron chi connectivity index (χ1n) is 5.77. The summed E-state index contributed by atoms with van der Waals surface area (Å²) < 4.78 is 29.0. The van der Waals surface area contributed by atoms with Gasteiger partial charge in [0.2, 0.25) is 15.9 Å². The van der Waals surface area contributed by atoms with Gasteiger partial charge in [-0.15, -0.1) is 0 Å². The fourth-order valence-corrected chi connectivity index (χ4v) is 2.15. The molecule has 0 aromatic heterocycles. The SMILES string of the molecule is CCS(=O)(=O)N(C)CC(=O)Nc1ccc(OC)cc1. The number of hydrogen-bond acceptors (Lipinski definition) is 4. The largest absolute Gasteiger partial charge is 0.497 e. The van der Waals surface area contributed by atoms with E-state index < -0.39 is 10.0 Å². The highest BCUT2D eigenvalue weighted by Crippen LogP contribution is 2.14. The highest BCUT2D eigenvalue weighted by molar-refractivity contribution is 7.89. The second-order valence-corrected chi connectivity index (χ2v) is 6.30. The van der Waals surface area contributed by atoms with E-state index in [9.17, 15) is 13.2 Å². The van der Waals surface area contributed by atoms with E-state index >= 15 is 0 Å². The van der Waals surface area contributed by atoms with Crippen molar-refractivity contribution in [2.75, 3.05) is 31.8 Å². The number of benzene rings is 1. The van der Waals surface area contributed by atoms with E-state index in [0.29, 0.717) is 11.4 Å². The van der Waals surface area contributed by atoms with Gasteiger partial charge in [0.1, 0.15) is 5.75 Å². The van der Waals surface area contributed by atoms with Crippen LogP contribution in [0.5, 0.6) is 5.75 Å². The summed E-state index contributed by atoms with van der Waals surface area (Å²) in [7, 11) is -0.409. The zero-order valence-corrected chi connectivity index (χ0v) is 12.0. The Hall–Kier alpha value is -1.60. The minimum atomic E-state index is -3.34. The highest BCUT2D eigenvalue weighted by Gasteiger charge is 2.18.